The normalized spacial score (nSPS) is 18.8. The molecule has 3 nitrogen and oxygen atoms in total. The van der Waals surface area contributed by atoms with E-state index < -0.39 is 0 Å². The number of pyridine rings is 1. The molecular formula is C12H15BrN2O. The van der Waals surface area contributed by atoms with Crippen LogP contribution in [0.1, 0.15) is 37.2 Å². The molecule has 0 aromatic carbocycles. The largest absolute Gasteiger partial charge is 0.332 e. The van der Waals surface area contributed by atoms with E-state index in [-0.39, 0.29) is 11.4 Å². The summed E-state index contributed by atoms with van der Waals surface area (Å²) in [5.74, 6) is 0.0313. The average molecular weight is 283 g/mol. The first-order chi connectivity index (χ1) is 7.50. The maximum Gasteiger partial charge on any atom is 0.272 e. The molecule has 0 saturated carbocycles. The summed E-state index contributed by atoms with van der Waals surface area (Å²) < 4.78 is 0.704. The molecule has 0 aliphatic carbocycles. The van der Waals surface area contributed by atoms with Crippen LogP contribution in [0.2, 0.25) is 0 Å². The van der Waals surface area contributed by atoms with Gasteiger partial charge in [0, 0.05) is 12.1 Å². The zero-order chi connectivity index (χ0) is 11.8. The van der Waals surface area contributed by atoms with Crippen molar-refractivity contribution in [3.8, 4) is 0 Å². The molecule has 0 atom stereocenters. The van der Waals surface area contributed by atoms with Crippen molar-refractivity contribution in [2.24, 2.45) is 0 Å². The van der Waals surface area contributed by atoms with E-state index in [4.69, 9.17) is 0 Å². The van der Waals surface area contributed by atoms with Crippen LogP contribution in [0.4, 0.5) is 0 Å². The van der Waals surface area contributed by atoms with Crippen LogP contribution in [0.3, 0.4) is 0 Å². The lowest BCUT2D eigenvalue weighted by Gasteiger charge is -2.31. The molecule has 0 N–H and O–H groups in total. The molecule has 0 unspecified atom stereocenters. The quantitative estimate of drug-likeness (QED) is 0.742. The van der Waals surface area contributed by atoms with Gasteiger partial charge in [-0.15, -0.1) is 0 Å². The Bertz CT molecular complexity index is 417. The van der Waals surface area contributed by atoms with Crippen LogP contribution in [-0.4, -0.2) is 27.9 Å². The molecule has 1 amide bonds. The highest BCUT2D eigenvalue weighted by Crippen LogP contribution is 2.29. The molecule has 86 valence electrons. The minimum Gasteiger partial charge on any atom is -0.332 e. The Morgan fingerprint density at radius 3 is 2.81 bits per heavy atom. The number of likely N-dealkylation sites (tertiary alicyclic amines) is 1. The maximum atomic E-state index is 12.3. The van der Waals surface area contributed by atoms with Gasteiger partial charge in [-0.1, -0.05) is 6.07 Å². The van der Waals surface area contributed by atoms with Crippen LogP contribution in [-0.2, 0) is 0 Å². The van der Waals surface area contributed by atoms with Crippen LogP contribution in [0.15, 0.2) is 22.8 Å². The topological polar surface area (TPSA) is 33.2 Å². The number of rotatable bonds is 1. The fourth-order valence-electron chi connectivity index (χ4n) is 2.15. The summed E-state index contributed by atoms with van der Waals surface area (Å²) in [6.45, 7) is 5.05. The molecule has 2 rings (SSSR count). The Morgan fingerprint density at radius 1 is 1.50 bits per heavy atom. The number of carbonyl (C=O) groups is 1. The molecule has 1 saturated heterocycles. The van der Waals surface area contributed by atoms with Gasteiger partial charge in [-0.05, 0) is 54.8 Å². The minimum atomic E-state index is -0.0406. The molecule has 1 aromatic rings. The van der Waals surface area contributed by atoms with Crippen molar-refractivity contribution in [3.05, 3.63) is 28.5 Å². The third-order valence-electron chi connectivity index (χ3n) is 3.08. The second-order valence-corrected chi connectivity index (χ2v) is 5.53. The summed E-state index contributed by atoms with van der Waals surface area (Å²) in [6.07, 6.45) is 2.14. The van der Waals surface area contributed by atoms with Crippen LogP contribution in [0.5, 0.6) is 0 Å². The van der Waals surface area contributed by atoms with Gasteiger partial charge in [0.15, 0.2) is 0 Å². The molecule has 0 bridgehead atoms. The summed E-state index contributed by atoms with van der Waals surface area (Å²) in [5, 5.41) is 0. The number of halogens is 1. The van der Waals surface area contributed by atoms with Gasteiger partial charge in [-0.2, -0.15) is 0 Å². The van der Waals surface area contributed by atoms with Gasteiger partial charge < -0.3 is 4.90 Å². The van der Waals surface area contributed by atoms with Gasteiger partial charge in [0.1, 0.15) is 10.3 Å². The molecule has 0 spiro atoms. The highest BCUT2D eigenvalue weighted by Gasteiger charge is 2.36. The SMILES string of the molecule is CC1(C)CCCN1C(=O)c1cccc(Br)n1. The summed E-state index contributed by atoms with van der Waals surface area (Å²) >= 11 is 3.29. The van der Waals surface area contributed by atoms with E-state index >= 15 is 0 Å². The van der Waals surface area contributed by atoms with Gasteiger partial charge in [-0.3, -0.25) is 4.79 Å². The van der Waals surface area contributed by atoms with Crippen molar-refractivity contribution in [1.82, 2.24) is 9.88 Å². The number of hydrogen-bond donors (Lipinski definition) is 0. The van der Waals surface area contributed by atoms with Crippen LogP contribution >= 0.6 is 15.9 Å². The predicted molar refractivity (Wildman–Crippen MR) is 66.3 cm³/mol. The number of amides is 1. The zero-order valence-electron chi connectivity index (χ0n) is 9.53. The molecule has 1 aliphatic rings. The number of hydrogen-bond acceptors (Lipinski definition) is 2. The standard InChI is InChI=1S/C12H15BrN2O/c1-12(2)7-4-8-15(12)11(16)9-5-3-6-10(13)14-9/h3,5-6H,4,7-8H2,1-2H3. The first-order valence-corrected chi connectivity index (χ1v) is 6.24. The average Bonchev–Trinajstić information content (AvgIpc) is 2.57. The number of aromatic nitrogens is 1. The van der Waals surface area contributed by atoms with E-state index in [1.54, 1.807) is 6.07 Å². The lowest BCUT2D eigenvalue weighted by molar-refractivity contribution is 0.0645. The monoisotopic (exact) mass is 282 g/mol. The zero-order valence-corrected chi connectivity index (χ0v) is 11.1. The van der Waals surface area contributed by atoms with Gasteiger partial charge >= 0.3 is 0 Å². The van der Waals surface area contributed by atoms with E-state index in [0.29, 0.717) is 10.3 Å². The van der Waals surface area contributed by atoms with Gasteiger partial charge in [0.2, 0.25) is 0 Å². The lowest BCUT2D eigenvalue weighted by atomic mass is 10.0. The van der Waals surface area contributed by atoms with E-state index in [1.807, 2.05) is 17.0 Å². The second kappa shape index (κ2) is 4.17. The highest BCUT2D eigenvalue weighted by molar-refractivity contribution is 9.10. The van der Waals surface area contributed by atoms with Gasteiger partial charge in [0.25, 0.3) is 5.91 Å². The Kier molecular flexibility index (Phi) is 3.02. The minimum absolute atomic E-state index is 0.0313. The summed E-state index contributed by atoms with van der Waals surface area (Å²) in [7, 11) is 0. The molecule has 16 heavy (non-hydrogen) atoms. The van der Waals surface area contributed by atoms with E-state index in [0.717, 1.165) is 19.4 Å². The second-order valence-electron chi connectivity index (χ2n) is 4.72. The predicted octanol–water partition coefficient (Wildman–Crippen LogP) is 2.86. The number of nitrogens with zero attached hydrogens (tertiary/aromatic N) is 2. The van der Waals surface area contributed by atoms with Crippen molar-refractivity contribution in [2.75, 3.05) is 6.54 Å². The summed E-state index contributed by atoms with van der Waals surface area (Å²) in [5.41, 5.74) is 0.477. The summed E-state index contributed by atoms with van der Waals surface area (Å²) in [4.78, 5) is 18.4. The molecule has 2 heterocycles. The van der Waals surface area contributed by atoms with Gasteiger partial charge in [0.05, 0.1) is 0 Å². The Labute approximate surface area is 104 Å². The fraction of sp³-hybridized carbons (Fsp3) is 0.500. The Hall–Kier alpha value is -0.900. The maximum absolute atomic E-state index is 12.3. The smallest absolute Gasteiger partial charge is 0.272 e. The first kappa shape index (κ1) is 11.6. The Morgan fingerprint density at radius 2 is 2.25 bits per heavy atom. The number of carbonyl (C=O) groups excluding carboxylic acids is 1. The van der Waals surface area contributed by atoms with E-state index in [2.05, 4.69) is 34.8 Å². The van der Waals surface area contributed by atoms with Crippen molar-refractivity contribution >= 4 is 21.8 Å². The highest BCUT2D eigenvalue weighted by atomic mass is 79.9. The molecule has 1 fully saturated rings. The van der Waals surface area contributed by atoms with Crippen LogP contribution in [0.25, 0.3) is 0 Å². The third kappa shape index (κ3) is 2.12. The third-order valence-corrected chi connectivity index (χ3v) is 3.52. The fourth-order valence-corrected chi connectivity index (χ4v) is 2.49. The molecule has 0 radical (unpaired) electrons. The molecule has 1 aromatic heterocycles. The summed E-state index contributed by atoms with van der Waals surface area (Å²) in [6, 6.07) is 5.43. The van der Waals surface area contributed by atoms with Gasteiger partial charge in [-0.25, -0.2) is 4.98 Å². The van der Waals surface area contributed by atoms with Crippen molar-refractivity contribution in [1.29, 1.82) is 0 Å². The van der Waals surface area contributed by atoms with Crippen molar-refractivity contribution < 1.29 is 4.79 Å². The molecule has 1 aliphatic heterocycles. The van der Waals surface area contributed by atoms with Crippen LogP contribution < -0.4 is 0 Å². The van der Waals surface area contributed by atoms with Crippen LogP contribution in [0, 0.1) is 0 Å². The van der Waals surface area contributed by atoms with Crippen molar-refractivity contribution in [2.45, 2.75) is 32.2 Å². The molecular weight excluding hydrogens is 268 g/mol. The van der Waals surface area contributed by atoms with Crippen molar-refractivity contribution in [3.63, 3.8) is 0 Å². The van der Waals surface area contributed by atoms with E-state index in [1.165, 1.54) is 0 Å². The van der Waals surface area contributed by atoms with E-state index in [9.17, 15) is 4.79 Å². The Balaban J connectivity index is 2.26. The first-order valence-electron chi connectivity index (χ1n) is 5.45. The lowest BCUT2D eigenvalue weighted by Crippen LogP contribution is -2.42. The molecule has 4 heteroatoms.